The monoisotopic (exact) mass is 363 g/mol. The standard InChI is InChI=1S/C17H15BrFNO2/c1-22-15-7-6-13(10-14(15)19)20-16(21)17(8-9-17)11-2-4-12(18)5-3-11/h2-7,10H,8-9H2,1H3,(H,20,21). The van der Waals surface area contributed by atoms with E-state index in [2.05, 4.69) is 21.2 Å². The number of nitrogens with one attached hydrogen (secondary N) is 1. The zero-order valence-electron chi connectivity index (χ0n) is 12.0. The van der Waals surface area contributed by atoms with Crippen LogP contribution in [0.5, 0.6) is 5.75 Å². The molecule has 5 heteroatoms. The molecule has 1 N–H and O–H groups in total. The molecule has 22 heavy (non-hydrogen) atoms. The average molecular weight is 364 g/mol. The SMILES string of the molecule is COc1ccc(NC(=O)C2(c3ccc(Br)cc3)CC2)cc1F. The van der Waals surface area contributed by atoms with Crippen molar-refractivity contribution < 1.29 is 13.9 Å². The molecule has 1 aliphatic carbocycles. The summed E-state index contributed by atoms with van der Waals surface area (Å²) in [5, 5.41) is 2.80. The van der Waals surface area contributed by atoms with Gasteiger partial charge < -0.3 is 10.1 Å². The highest BCUT2D eigenvalue weighted by Crippen LogP contribution is 2.49. The van der Waals surface area contributed by atoms with Gasteiger partial charge in [0.05, 0.1) is 12.5 Å². The first kappa shape index (κ1) is 15.0. The molecule has 1 amide bonds. The van der Waals surface area contributed by atoms with Crippen molar-refractivity contribution in [2.75, 3.05) is 12.4 Å². The number of carbonyl (C=O) groups is 1. The molecule has 1 saturated carbocycles. The number of methoxy groups -OCH3 is 1. The predicted octanol–water partition coefficient (Wildman–Crippen LogP) is 4.27. The van der Waals surface area contributed by atoms with Crippen LogP contribution in [0.4, 0.5) is 10.1 Å². The van der Waals surface area contributed by atoms with E-state index in [9.17, 15) is 9.18 Å². The Morgan fingerprint density at radius 1 is 1.23 bits per heavy atom. The fourth-order valence-electron chi connectivity index (χ4n) is 2.54. The second-order valence-corrected chi connectivity index (χ2v) is 6.31. The Kier molecular flexibility index (Phi) is 3.91. The molecule has 0 atom stereocenters. The molecule has 0 saturated heterocycles. The van der Waals surface area contributed by atoms with Gasteiger partial charge in [-0.15, -0.1) is 0 Å². The molecule has 0 bridgehead atoms. The summed E-state index contributed by atoms with van der Waals surface area (Å²) in [6.07, 6.45) is 1.61. The molecule has 3 nitrogen and oxygen atoms in total. The molecule has 2 aromatic carbocycles. The summed E-state index contributed by atoms with van der Waals surface area (Å²) in [5.74, 6) is -0.430. The number of halogens is 2. The number of rotatable bonds is 4. The van der Waals surface area contributed by atoms with E-state index >= 15 is 0 Å². The summed E-state index contributed by atoms with van der Waals surface area (Å²) in [6, 6.07) is 12.2. The third-order valence-corrected chi connectivity index (χ3v) is 4.52. The molecule has 1 aliphatic rings. The van der Waals surface area contributed by atoms with Crippen molar-refractivity contribution in [3.8, 4) is 5.75 Å². The molecule has 3 rings (SSSR count). The predicted molar refractivity (Wildman–Crippen MR) is 86.6 cm³/mol. The van der Waals surface area contributed by atoms with Crippen molar-refractivity contribution in [2.45, 2.75) is 18.3 Å². The van der Waals surface area contributed by atoms with E-state index in [-0.39, 0.29) is 11.7 Å². The van der Waals surface area contributed by atoms with E-state index in [1.807, 2.05) is 24.3 Å². The molecule has 0 radical (unpaired) electrons. The third kappa shape index (κ3) is 2.73. The lowest BCUT2D eigenvalue weighted by molar-refractivity contribution is -0.118. The van der Waals surface area contributed by atoms with Crippen LogP contribution in [0.3, 0.4) is 0 Å². The maximum Gasteiger partial charge on any atom is 0.235 e. The molecule has 0 unspecified atom stereocenters. The van der Waals surface area contributed by atoms with Gasteiger partial charge in [0, 0.05) is 16.2 Å². The maximum atomic E-state index is 13.7. The molecule has 0 aliphatic heterocycles. The quantitative estimate of drug-likeness (QED) is 0.880. The van der Waals surface area contributed by atoms with Gasteiger partial charge in [0.25, 0.3) is 0 Å². The summed E-state index contributed by atoms with van der Waals surface area (Å²) < 4.78 is 19.5. The van der Waals surface area contributed by atoms with E-state index in [0.717, 1.165) is 22.9 Å². The zero-order valence-corrected chi connectivity index (χ0v) is 13.6. The Labute approximate surface area is 136 Å². The van der Waals surface area contributed by atoms with Crippen LogP contribution in [0.1, 0.15) is 18.4 Å². The first-order valence-corrected chi connectivity index (χ1v) is 7.75. The summed E-state index contributed by atoms with van der Waals surface area (Å²) >= 11 is 3.39. The molecule has 0 spiro atoms. The van der Waals surface area contributed by atoms with Crippen LogP contribution in [0.15, 0.2) is 46.9 Å². The third-order valence-electron chi connectivity index (χ3n) is 3.99. The number of hydrogen-bond acceptors (Lipinski definition) is 2. The fourth-order valence-corrected chi connectivity index (χ4v) is 2.80. The van der Waals surface area contributed by atoms with Crippen LogP contribution in [-0.4, -0.2) is 13.0 Å². The average Bonchev–Trinajstić information content (AvgIpc) is 3.30. The van der Waals surface area contributed by atoms with Gasteiger partial charge in [-0.25, -0.2) is 4.39 Å². The zero-order chi connectivity index (χ0) is 15.7. The van der Waals surface area contributed by atoms with Gasteiger partial charge in [-0.2, -0.15) is 0 Å². The highest BCUT2D eigenvalue weighted by molar-refractivity contribution is 9.10. The Hall–Kier alpha value is -1.88. The number of anilines is 1. The van der Waals surface area contributed by atoms with Gasteiger partial charge in [0.1, 0.15) is 0 Å². The van der Waals surface area contributed by atoms with Crippen LogP contribution < -0.4 is 10.1 Å². The molecular weight excluding hydrogens is 349 g/mol. The van der Waals surface area contributed by atoms with E-state index in [4.69, 9.17) is 4.74 Å². The highest BCUT2D eigenvalue weighted by Gasteiger charge is 2.51. The topological polar surface area (TPSA) is 38.3 Å². The normalized spacial score (nSPS) is 15.2. The second-order valence-electron chi connectivity index (χ2n) is 5.39. The Bertz CT molecular complexity index is 711. The minimum absolute atomic E-state index is 0.0978. The first-order chi connectivity index (χ1) is 10.5. The number of hydrogen-bond donors (Lipinski definition) is 1. The molecule has 114 valence electrons. The lowest BCUT2D eigenvalue weighted by Crippen LogP contribution is -2.27. The van der Waals surface area contributed by atoms with E-state index < -0.39 is 11.2 Å². The minimum Gasteiger partial charge on any atom is -0.494 e. The van der Waals surface area contributed by atoms with Crippen LogP contribution in [0.25, 0.3) is 0 Å². The summed E-state index contributed by atoms with van der Waals surface area (Å²) in [6.45, 7) is 0. The lowest BCUT2D eigenvalue weighted by Gasteiger charge is -2.16. The number of carbonyl (C=O) groups excluding carboxylic acids is 1. The Morgan fingerprint density at radius 2 is 1.91 bits per heavy atom. The molecular formula is C17H15BrFNO2. The van der Waals surface area contributed by atoms with Crippen LogP contribution in [0, 0.1) is 5.82 Å². The summed E-state index contributed by atoms with van der Waals surface area (Å²) in [7, 11) is 1.41. The van der Waals surface area contributed by atoms with Crippen LogP contribution in [0.2, 0.25) is 0 Å². The fraction of sp³-hybridized carbons (Fsp3) is 0.235. The second kappa shape index (κ2) is 5.72. The van der Waals surface area contributed by atoms with Gasteiger partial charge in [0.2, 0.25) is 5.91 Å². The minimum atomic E-state index is -0.492. The van der Waals surface area contributed by atoms with E-state index in [1.54, 1.807) is 6.07 Å². The maximum absolute atomic E-state index is 13.7. The van der Waals surface area contributed by atoms with E-state index in [0.29, 0.717) is 5.69 Å². The molecule has 0 heterocycles. The van der Waals surface area contributed by atoms with Crippen molar-refractivity contribution in [1.82, 2.24) is 0 Å². The highest BCUT2D eigenvalue weighted by atomic mass is 79.9. The van der Waals surface area contributed by atoms with Gasteiger partial charge >= 0.3 is 0 Å². The number of amides is 1. The van der Waals surface area contributed by atoms with Crippen molar-refractivity contribution in [3.63, 3.8) is 0 Å². The first-order valence-electron chi connectivity index (χ1n) is 6.96. The van der Waals surface area contributed by atoms with Crippen LogP contribution in [-0.2, 0) is 10.2 Å². The van der Waals surface area contributed by atoms with Crippen molar-refractivity contribution in [1.29, 1.82) is 0 Å². The van der Waals surface area contributed by atoms with Crippen molar-refractivity contribution >= 4 is 27.5 Å². The van der Waals surface area contributed by atoms with Gasteiger partial charge in [-0.3, -0.25) is 4.79 Å². The Balaban J connectivity index is 1.79. The van der Waals surface area contributed by atoms with Gasteiger partial charge in [-0.05, 0) is 42.7 Å². The van der Waals surface area contributed by atoms with E-state index in [1.165, 1.54) is 19.2 Å². The molecule has 1 fully saturated rings. The lowest BCUT2D eigenvalue weighted by atomic mass is 9.95. The Morgan fingerprint density at radius 3 is 2.45 bits per heavy atom. The summed E-state index contributed by atoms with van der Waals surface area (Å²) in [4.78, 5) is 12.6. The number of benzene rings is 2. The number of ether oxygens (including phenoxy) is 1. The van der Waals surface area contributed by atoms with Gasteiger partial charge in [-0.1, -0.05) is 28.1 Å². The van der Waals surface area contributed by atoms with Crippen LogP contribution >= 0.6 is 15.9 Å². The molecule has 0 aromatic heterocycles. The summed E-state index contributed by atoms with van der Waals surface area (Å²) in [5.41, 5.74) is 0.936. The molecule has 2 aromatic rings. The van der Waals surface area contributed by atoms with Gasteiger partial charge in [0.15, 0.2) is 11.6 Å². The smallest absolute Gasteiger partial charge is 0.235 e. The van der Waals surface area contributed by atoms with Crippen molar-refractivity contribution in [3.05, 3.63) is 58.3 Å². The largest absolute Gasteiger partial charge is 0.494 e. The van der Waals surface area contributed by atoms with Crippen molar-refractivity contribution in [2.24, 2.45) is 0 Å².